The molecule has 0 aliphatic rings. The van der Waals surface area contributed by atoms with Crippen molar-refractivity contribution in [1.82, 2.24) is 5.32 Å². The standard InChI is InChI=1S/C16H25NO/c1-4-5-6-7-8-9-10-11-12-13-16(18)17-14-15(2)3/h6-13,15H,4-5,14H2,1-3H3,(H,17,18). The van der Waals surface area contributed by atoms with Crippen molar-refractivity contribution in [2.45, 2.75) is 33.6 Å². The highest BCUT2D eigenvalue weighted by molar-refractivity contribution is 5.87. The Morgan fingerprint density at radius 1 is 1.06 bits per heavy atom. The molecule has 1 N–H and O–H groups in total. The van der Waals surface area contributed by atoms with Crippen LogP contribution in [0.25, 0.3) is 0 Å². The molecule has 0 aromatic heterocycles. The van der Waals surface area contributed by atoms with E-state index in [0.717, 1.165) is 13.0 Å². The Hall–Kier alpha value is -1.57. The Bertz CT molecular complexity index is 322. The number of unbranched alkanes of at least 4 members (excludes halogenated alkanes) is 1. The molecule has 2 nitrogen and oxygen atoms in total. The maximum atomic E-state index is 11.3. The van der Waals surface area contributed by atoms with Crippen LogP contribution < -0.4 is 5.32 Å². The molecule has 0 spiro atoms. The zero-order chi connectivity index (χ0) is 13.6. The lowest BCUT2D eigenvalue weighted by atomic mass is 10.2. The molecule has 0 saturated carbocycles. The summed E-state index contributed by atoms with van der Waals surface area (Å²) in [6.07, 6.45) is 17.4. The molecular formula is C16H25NO. The van der Waals surface area contributed by atoms with Gasteiger partial charge < -0.3 is 5.32 Å². The summed E-state index contributed by atoms with van der Waals surface area (Å²) in [7, 11) is 0. The van der Waals surface area contributed by atoms with Crippen LogP contribution in [0.5, 0.6) is 0 Å². The molecule has 0 aliphatic carbocycles. The molecule has 0 heterocycles. The van der Waals surface area contributed by atoms with Gasteiger partial charge in [-0.15, -0.1) is 0 Å². The Labute approximate surface area is 111 Å². The van der Waals surface area contributed by atoms with Gasteiger partial charge in [-0.05, 0) is 12.3 Å². The fourth-order valence-corrected chi connectivity index (χ4v) is 1.10. The number of hydrogen-bond donors (Lipinski definition) is 1. The molecular weight excluding hydrogens is 222 g/mol. The third kappa shape index (κ3) is 12.5. The van der Waals surface area contributed by atoms with Crippen molar-refractivity contribution in [2.75, 3.05) is 6.54 Å². The minimum absolute atomic E-state index is 0.0415. The van der Waals surface area contributed by atoms with E-state index in [1.165, 1.54) is 6.42 Å². The summed E-state index contributed by atoms with van der Waals surface area (Å²) in [5.74, 6) is 0.441. The number of carbonyl (C=O) groups excluding carboxylic acids is 1. The van der Waals surface area contributed by atoms with Gasteiger partial charge >= 0.3 is 0 Å². The second-order valence-corrected chi connectivity index (χ2v) is 4.48. The zero-order valence-corrected chi connectivity index (χ0v) is 11.7. The van der Waals surface area contributed by atoms with Crippen LogP contribution >= 0.6 is 0 Å². The second-order valence-electron chi connectivity index (χ2n) is 4.48. The molecule has 0 rings (SSSR count). The van der Waals surface area contributed by atoms with Crippen LogP contribution in [0.15, 0.2) is 48.6 Å². The summed E-state index contributed by atoms with van der Waals surface area (Å²) in [5.41, 5.74) is 0. The van der Waals surface area contributed by atoms with E-state index in [2.05, 4.69) is 32.2 Å². The minimum atomic E-state index is -0.0415. The quantitative estimate of drug-likeness (QED) is 0.513. The second kappa shape index (κ2) is 11.9. The van der Waals surface area contributed by atoms with Gasteiger partial charge in [-0.1, -0.05) is 69.7 Å². The lowest BCUT2D eigenvalue weighted by Crippen LogP contribution is -2.25. The van der Waals surface area contributed by atoms with E-state index in [4.69, 9.17) is 0 Å². The highest BCUT2D eigenvalue weighted by Crippen LogP contribution is 1.90. The van der Waals surface area contributed by atoms with Crippen LogP contribution in [0.2, 0.25) is 0 Å². The van der Waals surface area contributed by atoms with E-state index in [-0.39, 0.29) is 5.91 Å². The van der Waals surface area contributed by atoms with Crippen LogP contribution in [0.3, 0.4) is 0 Å². The molecule has 1 amide bonds. The van der Waals surface area contributed by atoms with E-state index in [1.807, 2.05) is 30.4 Å². The lowest BCUT2D eigenvalue weighted by molar-refractivity contribution is -0.116. The van der Waals surface area contributed by atoms with Crippen molar-refractivity contribution >= 4 is 5.91 Å². The van der Waals surface area contributed by atoms with Crippen molar-refractivity contribution in [3.8, 4) is 0 Å². The predicted octanol–water partition coefficient (Wildman–Crippen LogP) is 3.78. The first-order valence-corrected chi connectivity index (χ1v) is 6.61. The number of nitrogens with one attached hydrogen (secondary N) is 1. The molecule has 0 aromatic carbocycles. The molecule has 0 aliphatic heterocycles. The molecule has 0 bridgehead atoms. The maximum Gasteiger partial charge on any atom is 0.243 e. The Morgan fingerprint density at radius 2 is 1.67 bits per heavy atom. The Kier molecular flexibility index (Phi) is 10.9. The zero-order valence-electron chi connectivity index (χ0n) is 11.7. The summed E-state index contributed by atoms with van der Waals surface area (Å²) in [4.78, 5) is 11.3. The molecule has 0 saturated heterocycles. The van der Waals surface area contributed by atoms with E-state index in [1.54, 1.807) is 12.2 Å². The summed E-state index contributed by atoms with van der Waals surface area (Å²) in [6, 6.07) is 0. The van der Waals surface area contributed by atoms with Crippen LogP contribution in [-0.4, -0.2) is 12.5 Å². The highest BCUT2D eigenvalue weighted by atomic mass is 16.1. The van der Waals surface area contributed by atoms with Crippen molar-refractivity contribution in [3.63, 3.8) is 0 Å². The predicted molar refractivity (Wildman–Crippen MR) is 79.3 cm³/mol. The van der Waals surface area contributed by atoms with Gasteiger partial charge in [0.25, 0.3) is 0 Å². The van der Waals surface area contributed by atoms with Crippen LogP contribution in [0, 0.1) is 5.92 Å². The average Bonchev–Trinajstić information content (AvgIpc) is 2.34. The van der Waals surface area contributed by atoms with Gasteiger partial charge in [0.05, 0.1) is 0 Å². The number of carbonyl (C=O) groups is 1. The minimum Gasteiger partial charge on any atom is -0.352 e. The first-order chi connectivity index (χ1) is 8.66. The molecule has 0 aromatic rings. The monoisotopic (exact) mass is 247 g/mol. The smallest absolute Gasteiger partial charge is 0.243 e. The van der Waals surface area contributed by atoms with Gasteiger partial charge in [-0.2, -0.15) is 0 Å². The largest absolute Gasteiger partial charge is 0.352 e. The molecule has 0 radical (unpaired) electrons. The molecule has 18 heavy (non-hydrogen) atoms. The molecule has 2 heteroatoms. The maximum absolute atomic E-state index is 11.3. The topological polar surface area (TPSA) is 29.1 Å². The molecule has 0 atom stereocenters. The van der Waals surface area contributed by atoms with Crippen molar-refractivity contribution in [3.05, 3.63) is 48.6 Å². The van der Waals surface area contributed by atoms with Crippen LogP contribution in [0.4, 0.5) is 0 Å². The first-order valence-electron chi connectivity index (χ1n) is 6.61. The van der Waals surface area contributed by atoms with Gasteiger partial charge in [-0.25, -0.2) is 0 Å². The van der Waals surface area contributed by atoms with Gasteiger partial charge in [-0.3, -0.25) is 4.79 Å². The van der Waals surface area contributed by atoms with Crippen molar-refractivity contribution in [1.29, 1.82) is 0 Å². The third-order valence-electron chi connectivity index (χ3n) is 2.08. The molecule has 0 unspecified atom stereocenters. The summed E-state index contributed by atoms with van der Waals surface area (Å²) < 4.78 is 0. The number of amides is 1. The van der Waals surface area contributed by atoms with E-state index in [0.29, 0.717) is 5.92 Å². The average molecular weight is 247 g/mol. The molecule has 0 fully saturated rings. The lowest BCUT2D eigenvalue weighted by Gasteiger charge is -2.03. The summed E-state index contributed by atoms with van der Waals surface area (Å²) in [6.45, 7) is 7.01. The van der Waals surface area contributed by atoms with Crippen LogP contribution in [0.1, 0.15) is 33.6 Å². The normalized spacial score (nSPS) is 12.7. The Balaban J connectivity index is 3.77. The van der Waals surface area contributed by atoms with Crippen molar-refractivity contribution < 1.29 is 4.79 Å². The van der Waals surface area contributed by atoms with Crippen molar-refractivity contribution in [2.24, 2.45) is 5.92 Å². The Morgan fingerprint density at radius 3 is 2.28 bits per heavy atom. The first kappa shape index (κ1) is 16.4. The van der Waals surface area contributed by atoms with Gasteiger partial charge in [0.15, 0.2) is 0 Å². The van der Waals surface area contributed by atoms with Gasteiger partial charge in [0.1, 0.15) is 0 Å². The van der Waals surface area contributed by atoms with E-state index in [9.17, 15) is 4.79 Å². The van der Waals surface area contributed by atoms with Crippen LogP contribution in [-0.2, 0) is 4.79 Å². The van der Waals surface area contributed by atoms with E-state index < -0.39 is 0 Å². The molecule has 100 valence electrons. The SMILES string of the molecule is CCCC=CC=CC=CC=CC(=O)NCC(C)C. The fraction of sp³-hybridized carbons (Fsp3) is 0.438. The van der Waals surface area contributed by atoms with Gasteiger partial charge in [0, 0.05) is 12.6 Å². The number of hydrogen-bond acceptors (Lipinski definition) is 1. The van der Waals surface area contributed by atoms with E-state index >= 15 is 0 Å². The summed E-state index contributed by atoms with van der Waals surface area (Å²) >= 11 is 0. The summed E-state index contributed by atoms with van der Waals surface area (Å²) in [5, 5.41) is 2.82. The number of rotatable bonds is 8. The van der Waals surface area contributed by atoms with Gasteiger partial charge in [0.2, 0.25) is 5.91 Å². The third-order valence-corrected chi connectivity index (χ3v) is 2.08. The fourth-order valence-electron chi connectivity index (χ4n) is 1.10. The highest BCUT2D eigenvalue weighted by Gasteiger charge is 1.95. The number of allylic oxidation sites excluding steroid dienone is 7.